The van der Waals surface area contributed by atoms with Crippen LogP contribution in [0.15, 0.2) is 23.2 Å². The van der Waals surface area contributed by atoms with E-state index in [2.05, 4.69) is 10.4 Å². The van der Waals surface area contributed by atoms with Crippen molar-refractivity contribution < 1.29 is 8.78 Å². The van der Waals surface area contributed by atoms with Crippen molar-refractivity contribution in [3.8, 4) is 0 Å². The van der Waals surface area contributed by atoms with E-state index in [1.54, 1.807) is 6.92 Å². The van der Waals surface area contributed by atoms with Crippen molar-refractivity contribution in [3.05, 3.63) is 35.4 Å². The number of benzene rings is 1. The molecule has 0 unspecified atom stereocenters. The van der Waals surface area contributed by atoms with E-state index < -0.39 is 11.6 Å². The van der Waals surface area contributed by atoms with Gasteiger partial charge in [0.05, 0.1) is 5.56 Å². The molecule has 3 nitrogen and oxygen atoms in total. The summed E-state index contributed by atoms with van der Waals surface area (Å²) in [6, 6.07) is 3.59. The first kappa shape index (κ1) is 10.6. The van der Waals surface area contributed by atoms with Gasteiger partial charge in [0.25, 0.3) is 0 Å². The summed E-state index contributed by atoms with van der Waals surface area (Å²) < 4.78 is 26.4. The number of hydrazine groups is 1. The van der Waals surface area contributed by atoms with Gasteiger partial charge in [0.15, 0.2) is 0 Å². The Hall–Kier alpha value is -1.49. The molecule has 0 heterocycles. The predicted octanol–water partition coefficient (Wildman–Crippen LogP) is 1.19. The zero-order chi connectivity index (χ0) is 10.6. The molecule has 1 aromatic carbocycles. The summed E-state index contributed by atoms with van der Waals surface area (Å²) >= 11 is 0. The Morgan fingerprint density at radius 2 is 2.00 bits per heavy atom. The molecule has 1 rings (SSSR count). The number of aliphatic imine (C=N–C) groups is 1. The Kier molecular flexibility index (Phi) is 3.53. The zero-order valence-electron chi connectivity index (χ0n) is 7.72. The van der Waals surface area contributed by atoms with Crippen LogP contribution in [0.4, 0.5) is 8.78 Å². The normalized spacial score (nSPS) is 11.6. The molecule has 0 aliphatic heterocycles. The maximum atomic E-state index is 13.2. The molecule has 0 amide bonds. The Balaban J connectivity index is 3.22. The molecule has 3 N–H and O–H groups in total. The third kappa shape index (κ3) is 2.05. The number of nitrogens with one attached hydrogen (secondary N) is 1. The molecule has 0 saturated carbocycles. The fourth-order valence-corrected chi connectivity index (χ4v) is 1.08. The number of nitrogens with two attached hydrogens (primary N) is 1. The van der Waals surface area contributed by atoms with E-state index in [0.717, 1.165) is 12.1 Å². The van der Waals surface area contributed by atoms with Gasteiger partial charge in [-0.2, -0.15) is 0 Å². The minimum atomic E-state index is -0.685. The molecule has 0 radical (unpaired) electrons. The zero-order valence-corrected chi connectivity index (χ0v) is 7.72. The van der Waals surface area contributed by atoms with E-state index in [-0.39, 0.29) is 11.4 Å². The van der Waals surface area contributed by atoms with Gasteiger partial charge in [0.2, 0.25) is 0 Å². The fourth-order valence-electron chi connectivity index (χ4n) is 1.08. The highest BCUT2D eigenvalue weighted by Gasteiger charge is 2.13. The Labute approximate surface area is 80.6 Å². The highest BCUT2D eigenvalue weighted by atomic mass is 19.1. The van der Waals surface area contributed by atoms with Gasteiger partial charge in [0, 0.05) is 6.54 Å². The average Bonchev–Trinajstić information content (AvgIpc) is 2.16. The minimum absolute atomic E-state index is 0.0168. The van der Waals surface area contributed by atoms with E-state index in [9.17, 15) is 8.78 Å². The van der Waals surface area contributed by atoms with Gasteiger partial charge >= 0.3 is 0 Å². The first-order chi connectivity index (χ1) is 6.70. The van der Waals surface area contributed by atoms with Crippen molar-refractivity contribution >= 4 is 5.84 Å². The maximum Gasteiger partial charge on any atom is 0.148 e. The molecule has 14 heavy (non-hydrogen) atoms. The van der Waals surface area contributed by atoms with Crippen LogP contribution < -0.4 is 11.3 Å². The van der Waals surface area contributed by atoms with Crippen LogP contribution in [0.3, 0.4) is 0 Å². The molecule has 76 valence electrons. The summed E-state index contributed by atoms with van der Waals surface area (Å²) in [5, 5.41) is 0. The molecule has 0 aromatic heterocycles. The molecule has 0 spiro atoms. The third-order valence-corrected chi connectivity index (χ3v) is 1.65. The molecule has 0 bridgehead atoms. The summed E-state index contributed by atoms with van der Waals surface area (Å²) in [6.45, 7) is 2.14. The molecule has 5 heteroatoms. The van der Waals surface area contributed by atoms with E-state index in [1.807, 2.05) is 0 Å². The molecule has 0 atom stereocenters. The van der Waals surface area contributed by atoms with Gasteiger partial charge in [-0.15, -0.1) is 0 Å². The van der Waals surface area contributed by atoms with Crippen molar-refractivity contribution in [2.75, 3.05) is 6.54 Å². The fraction of sp³-hybridized carbons (Fsp3) is 0.222. The third-order valence-electron chi connectivity index (χ3n) is 1.65. The molecule has 0 fully saturated rings. The number of nitrogens with zero attached hydrogens (tertiary/aromatic N) is 1. The van der Waals surface area contributed by atoms with E-state index in [0.29, 0.717) is 6.54 Å². The molecule has 0 aliphatic rings. The van der Waals surface area contributed by atoms with Gasteiger partial charge in [0.1, 0.15) is 17.5 Å². The predicted molar refractivity (Wildman–Crippen MR) is 50.8 cm³/mol. The van der Waals surface area contributed by atoms with E-state index in [1.165, 1.54) is 6.07 Å². The first-order valence-electron chi connectivity index (χ1n) is 4.16. The van der Waals surface area contributed by atoms with Crippen LogP contribution in [0.1, 0.15) is 12.5 Å². The first-order valence-corrected chi connectivity index (χ1v) is 4.16. The van der Waals surface area contributed by atoms with Crippen LogP contribution in [0.5, 0.6) is 0 Å². The van der Waals surface area contributed by atoms with Crippen molar-refractivity contribution in [1.29, 1.82) is 0 Å². The quantitative estimate of drug-likeness (QED) is 0.325. The van der Waals surface area contributed by atoms with Gasteiger partial charge < -0.3 is 5.43 Å². The maximum absolute atomic E-state index is 13.2. The van der Waals surface area contributed by atoms with E-state index in [4.69, 9.17) is 5.84 Å². The summed E-state index contributed by atoms with van der Waals surface area (Å²) in [6.07, 6.45) is 0. The van der Waals surface area contributed by atoms with Crippen molar-refractivity contribution in [2.45, 2.75) is 6.92 Å². The highest BCUT2D eigenvalue weighted by Crippen LogP contribution is 2.11. The highest BCUT2D eigenvalue weighted by molar-refractivity contribution is 5.98. The van der Waals surface area contributed by atoms with Gasteiger partial charge in [-0.05, 0) is 19.1 Å². The second-order valence-corrected chi connectivity index (χ2v) is 2.56. The molecule has 0 aliphatic carbocycles. The Morgan fingerprint density at radius 1 is 1.43 bits per heavy atom. The SMILES string of the molecule is CCN=C(NN)c1c(F)cccc1F. The second-order valence-electron chi connectivity index (χ2n) is 2.56. The smallest absolute Gasteiger partial charge is 0.148 e. The van der Waals surface area contributed by atoms with Crippen molar-refractivity contribution in [3.63, 3.8) is 0 Å². The Bertz CT molecular complexity index is 330. The summed E-state index contributed by atoms with van der Waals surface area (Å²) in [7, 11) is 0. The lowest BCUT2D eigenvalue weighted by molar-refractivity contribution is 0.577. The van der Waals surface area contributed by atoms with Crippen LogP contribution in [0, 0.1) is 11.6 Å². The molecular formula is C9H11F2N3. The van der Waals surface area contributed by atoms with Crippen LogP contribution in [-0.4, -0.2) is 12.4 Å². The topological polar surface area (TPSA) is 50.4 Å². The van der Waals surface area contributed by atoms with E-state index >= 15 is 0 Å². The number of hydrogen-bond donors (Lipinski definition) is 2. The monoisotopic (exact) mass is 199 g/mol. The van der Waals surface area contributed by atoms with Gasteiger partial charge in [-0.1, -0.05) is 6.07 Å². The standard InChI is InChI=1S/C9H11F2N3/c1-2-13-9(14-12)8-6(10)4-3-5-7(8)11/h3-5H,2,12H2,1H3,(H,13,14). The molecular weight excluding hydrogens is 188 g/mol. The number of halogens is 2. The average molecular weight is 199 g/mol. The molecule has 1 aromatic rings. The lowest BCUT2D eigenvalue weighted by atomic mass is 10.2. The van der Waals surface area contributed by atoms with Gasteiger partial charge in [-0.3, -0.25) is 4.99 Å². The molecule has 0 saturated heterocycles. The number of hydrogen-bond acceptors (Lipinski definition) is 2. The van der Waals surface area contributed by atoms with Crippen LogP contribution in [0.25, 0.3) is 0 Å². The van der Waals surface area contributed by atoms with Crippen LogP contribution in [-0.2, 0) is 0 Å². The Morgan fingerprint density at radius 3 is 2.43 bits per heavy atom. The minimum Gasteiger partial charge on any atom is -0.308 e. The summed E-state index contributed by atoms with van der Waals surface area (Å²) in [5.41, 5.74) is 1.95. The van der Waals surface area contributed by atoms with Crippen LogP contribution >= 0.6 is 0 Å². The largest absolute Gasteiger partial charge is 0.308 e. The number of rotatable bonds is 2. The van der Waals surface area contributed by atoms with Crippen LogP contribution in [0.2, 0.25) is 0 Å². The summed E-state index contributed by atoms with van der Waals surface area (Å²) in [4.78, 5) is 3.84. The van der Waals surface area contributed by atoms with Crippen molar-refractivity contribution in [1.82, 2.24) is 5.43 Å². The van der Waals surface area contributed by atoms with Gasteiger partial charge in [-0.25, -0.2) is 14.6 Å². The van der Waals surface area contributed by atoms with Crippen molar-refractivity contribution in [2.24, 2.45) is 10.8 Å². The second kappa shape index (κ2) is 4.66. The number of amidine groups is 1. The lowest BCUT2D eigenvalue weighted by Gasteiger charge is -2.07. The lowest BCUT2D eigenvalue weighted by Crippen LogP contribution is -2.32. The summed E-state index contributed by atoms with van der Waals surface area (Å²) in [5.74, 6) is 3.76.